The highest BCUT2D eigenvalue weighted by Gasteiger charge is 2.34. The van der Waals surface area contributed by atoms with Crippen LogP contribution in [0.4, 0.5) is 0 Å². The number of nitrogens with zero attached hydrogens (tertiary/aromatic N) is 2. The van der Waals surface area contributed by atoms with E-state index in [1.165, 1.54) is 11.1 Å². The van der Waals surface area contributed by atoms with E-state index in [1.54, 1.807) is 0 Å². The molecule has 1 fully saturated rings. The van der Waals surface area contributed by atoms with Crippen molar-refractivity contribution >= 4 is 29.9 Å². The highest BCUT2D eigenvalue weighted by Crippen LogP contribution is 2.32. The molecule has 28 heavy (non-hydrogen) atoms. The van der Waals surface area contributed by atoms with Crippen molar-refractivity contribution in [1.82, 2.24) is 15.5 Å². The number of aliphatic imine (C=N–C) groups is 1. The minimum atomic E-state index is -0.00627. The van der Waals surface area contributed by atoms with Gasteiger partial charge in [0.15, 0.2) is 5.96 Å². The third kappa shape index (κ3) is 6.57. The fraction of sp³-hybridized carbons (Fsp3) is 0.667. The topological polar surface area (TPSA) is 69.1 Å². The van der Waals surface area contributed by atoms with E-state index in [9.17, 15) is 5.11 Å². The maximum Gasteiger partial charge on any atom is 0.191 e. The molecule has 0 amide bonds. The minimum Gasteiger partial charge on any atom is -0.396 e. The molecule has 7 heteroatoms. The fourth-order valence-corrected chi connectivity index (χ4v) is 3.95. The summed E-state index contributed by atoms with van der Waals surface area (Å²) in [5, 5.41) is 16.2. The molecule has 2 aliphatic heterocycles. The Morgan fingerprint density at radius 1 is 1.29 bits per heavy atom. The lowest BCUT2D eigenvalue weighted by molar-refractivity contribution is 0.131. The second kappa shape index (κ2) is 11.9. The summed E-state index contributed by atoms with van der Waals surface area (Å²) in [6.45, 7) is 9.30. The zero-order chi connectivity index (χ0) is 19.0. The maximum atomic E-state index is 9.38. The van der Waals surface area contributed by atoms with E-state index in [0.717, 1.165) is 64.6 Å². The summed E-state index contributed by atoms with van der Waals surface area (Å²) in [4.78, 5) is 7.29. The van der Waals surface area contributed by atoms with Crippen molar-refractivity contribution in [2.75, 3.05) is 52.5 Å². The van der Waals surface area contributed by atoms with E-state index in [4.69, 9.17) is 9.73 Å². The molecule has 2 heterocycles. The predicted octanol–water partition coefficient (Wildman–Crippen LogP) is 2.01. The van der Waals surface area contributed by atoms with Crippen molar-refractivity contribution in [2.45, 2.75) is 32.7 Å². The summed E-state index contributed by atoms with van der Waals surface area (Å²) in [5.41, 5.74) is 2.94. The first kappa shape index (κ1) is 23.4. The third-order valence-corrected chi connectivity index (χ3v) is 5.67. The van der Waals surface area contributed by atoms with Crippen LogP contribution < -0.4 is 10.6 Å². The average molecular weight is 502 g/mol. The number of guanidine groups is 1. The summed E-state index contributed by atoms with van der Waals surface area (Å²) < 4.78 is 5.57. The molecule has 0 aromatic heterocycles. The van der Waals surface area contributed by atoms with Crippen molar-refractivity contribution in [1.29, 1.82) is 0 Å². The second-order valence-corrected chi connectivity index (χ2v) is 7.69. The van der Waals surface area contributed by atoms with Crippen molar-refractivity contribution in [3.63, 3.8) is 0 Å². The maximum absolute atomic E-state index is 9.38. The lowest BCUT2D eigenvalue weighted by atomic mass is 9.84. The summed E-state index contributed by atoms with van der Waals surface area (Å²) in [5.74, 6) is 0.860. The van der Waals surface area contributed by atoms with Gasteiger partial charge in [0.2, 0.25) is 0 Å². The summed E-state index contributed by atoms with van der Waals surface area (Å²) in [7, 11) is 0. The normalized spacial score (nSPS) is 22.4. The number of hydrogen-bond acceptors (Lipinski definition) is 4. The van der Waals surface area contributed by atoms with Crippen LogP contribution >= 0.6 is 24.0 Å². The molecule has 1 saturated heterocycles. The van der Waals surface area contributed by atoms with Crippen LogP contribution in [0.2, 0.25) is 0 Å². The monoisotopic (exact) mass is 502 g/mol. The van der Waals surface area contributed by atoms with Gasteiger partial charge in [0.25, 0.3) is 0 Å². The van der Waals surface area contributed by atoms with Gasteiger partial charge in [-0.15, -0.1) is 24.0 Å². The van der Waals surface area contributed by atoms with E-state index >= 15 is 0 Å². The summed E-state index contributed by atoms with van der Waals surface area (Å²) in [6, 6.07) is 8.75. The number of halogens is 1. The lowest BCUT2D eigenvalue weighted by Crippen LogP contribution is -2.43. The van der Waals surface area contributed by atoms with Crippen LogP contribution in [-0.4, -0.2) is 68.5 Å². The first-order valence-corrected chi connectivity index (χ1v) is 10.2. The molecule has 1 aromatic rings. The lowest BCUT2D eigenvalue weighted by Gasteiger charge is -2.29. The standard InChI is InChI=1S/C21H34N4O2.HI/c1-2-22-20(24-16-21(8-13-26)9-14-27-17-21)23-10-12-25-11-7-18-5-3-4-6-19(18)15-25;/h3-6,26H,2,7-17H2,1H3,(H2,22,23,24);1H. The fourth-order valence-electron chi connectivity index (χ4n) is 3.95. The van der Waals surface area contributed by atoms with Crippen LogP contribution in [0.25, 0.3) is 0 Å². The van der Waals surface area contributed by atoms with Gasteiger partial charge in [0.05, 0.1) is 13.2 Å². The Bertz CT molecular complexity index is 620. The Labute approximate surface area is 186 Å². The van der Waals surface area contributed by atoms with Crippen LogP contribution in [0.1, 0.15) is 30.9 Å². The molecule has 6 nitrogen and oxygen atoms in total. The number of aliphatic hydroxyl groups is 1. The van der Waals surface area contributed by atoms with Crippen molar-refractivity contribution in [2.24, 2.45) is 10.4 Å². The highest BCUT2D eigenvalue weighted by atomic mass is 127. The first-order valence-electron chi connectivity index (χ1n) is 10.2. The van der Waals surface area contributed by atoms with Gasteiger partial charge in [-0.05, 0) is 37.3 Å². The molecule has 158 valence electrons. The zero-order valence-corrected chi connectivity index (χ0v) is 19.3. The Balaban J connectivity index is 0.00000280. The Morgan fingerprint density at radius 3 is 2.82 bits per heavy atom. The zero-order valence-electron chi connectivity index (χ0n) is 17.0. The van der Waals surface area contributed by atoms with Gasteiger partial charge in [-0.25, -0.2) is 0 Å². The SMILES string of the molecule is CCNC(=NCC1(CCO)CCOC1)NCCN1CCc2ccccc2C1.I. The van der Waals surface area contributed by atoms with E-state index in [2.05, 4.69) is 46.7 Å². The van der Waals surface area contributed by atoms with Gasteiger partial charge in [0, 0.05) is 51.4 Å². The molecular weight excluding hydrogens is 467 g/mol. The quantitative estimate of drug-likeness (QED) is 0.288. The molecule has 0 radical (unpaired) electrons. The molecule has 2 aliphatic rings. The molecule has 0 spiro atoms. The molecule has 0 saturated carbocycles. The molecular formula is C21H35IN4O2. The largest absolute Gasteiger partial charge is 0.396 e. The van der Waals surface area contributed by atoms with Crippen LogP contribution in [0, 0.1) is 5.41 Å². The van der Waals surface area contributed by atoms with Crippen LogP contribution in [-0.2, 0) is 17.7 Å². The van der Waals surface area contributed by atoms with Gasteiger partial charge in [-0.1, -0.05) is 24.3 Å². The van der Waals surface area contributed by atoms with Gasteiger partial charge >= 0.3 is 0 Å². The first-order chi connectivity index (χ1) is 13.2. The number of hydrogen-bond donors (Lipinski definition) is 3. The van der Waals surface area contributed by atoms with Crippen LogP contribution in [0.3, 0.4) is 0 Å². The molecule has 1 atom stereocenters. The van der Waals surface area contributed by atoms with Crippen molar-refractivity contribution in [3.8, 4) is 0 Å². The number of aliphatic hydroxyl groups excluding tert-OH is 1. The summed E-state index contributed by atoms with van der Waals surface area (Å²) in [6.07, 6.45) is 2.86. The van der Waals surface area contributed by atoms with Gasteiger partial charge < -0.3 is 20.5 Å². The molecule has 1 aromatic carbocycles. The van der Waals surface area contributed by atoms with E-state index in [1.807, 2.05) is 0 Å². The van der Waals surface area contributed by atoms with E-state index in [0.29, 0.717) is 13.2 Å². The number of nitrogens with one attached hydrogen (secondary N) is 2. The van der Waals surface area contributed by atoms with E-state index < -0.39 is 0 Å². The van der Waals surface area contributed by atoms with Gasteiger partial charge in [-0.3, -0.25) is 9.89 Å². The van der Waals surface area contributed by atoms with E-state index in [-0.39, 0.29) is 36.0 Å². The number of rotatable bonds is 8. The molecule has 0 aliphatic carbocycles. The summed E-state index contributed by atoms with van der Waals surface area (Å²) >= 11 is 0. The molecule has 3 N–H and O–H groups in total. The average Bonchev–Trinajstić information content (AvgIpc) is 3.15. The van der Waals surface area contributed by atoms with Gasteiger partial charge in [0.1, 0.15) is 0 Å². The van der Waals surface area contributed by atoms with Crippen molar-refractivity contribution < 1.29 is 9.84 Å². The highest BCUT2D eigenvalue weighted by molar-refractivity contribution is 14.0. The predicted molar refractivity (Wildman–Crippen MR) is 124 cm³/mol. The third-order valence-electron chi connectivity index (χ3n) is 5.67. The Morgan fingerprint density at radius 2 is 2.11 bits per heavy atom. The smallest absolute Gasteiger partial charge is 0.191 e. The van der Waals surface area contributed by atoms with Crippen LogP contribution in [0.15, 0.2) is 29.3 Å². The van der Waals surface area contributed by atoms with Crippen LogP contribution in [0.5, 0.6) is 0 Å². The molecule has 1 unspecified atom stereocenters. The molecule has 0 bridgehead atoms. The number of ether oxygens (including phenoxy) is 1. The molecule has 3 rings (SSSR count). The Hall–Kier alpha value is -0.900. The number of fused-ring (bicyclic) bond motifs is 1. The number of benzene rings is 1. The Kier molecular flexibility index (Phi) is 9.98. The van der Waals surface area contributed by atoms with Crippen molar-refractivity contribution in [3.05, 3.63) is 35.4 Å². The van der Waals surface area contributed by atoms with Gasteiger partial charge in [-0.2, -0.15) is 0 Å². The minimum absolute atomic E-state index is 0. The second-order valence-electron chi connectivity index (χ2n) is 7.69.